The zero-order chi connectivity index (χ0) is 16.9. The molecular weight excluding hydrogens is 340 g/mol. The molecule has 0 radical (unpaired) electrons. The minimum atomic E-state index is -3.78. The lowest BCUT2D eigenvalue weighted by Crippen LogP contribution is -2.23. The van der Waals surface area contributed by atoms with Gasteiger partial charge >= 0.3 is 0 Å². The van der Waals surface area contributed by atoms with Crippen molar-refractivity contribution in [3.63, 3.8) is 0 Å². The van der Waals surface area contributed by atoms with Gasteiger partial charge in [0.1, 0.15) is 5.75 Å². The molecule has 10 heteroatoms. The number of amides is 1. The molecule has 0 bridgehead atoms. The fourth-order valence-electron chi connectivity index (χ4n) is 1.56. The Balaban J connectivity index is 2.02. The maximum Gasteiger partial charge on any atom is 0.270 e. The molecule has 0 saturated heterocycles. The van der Waals surface area contributed by atoms with Crippen molar-refractivity contribution in [1.82, 2.24) is 14.9 Å². The molecule has 1 aromatic heterocycles. The summed E-state index contributed by atoms with van der Waals surface area (Å²) < 4.78 is 31.6. The standard InChI is InChI=1S/C13H16N4O4S2/c1-3-11(18)15-12-16-17-13(22-12)23(19,20)14-8-9-4-6-10(21-2)7-5-9/h4-7,14H,3,8H2,1-2H3,(H,15,16,18). The van der Waals surface area contributed by atoms with Gasteiger partial charge in [-0.2, -0.15) is 0 Å². The second kappa shape index (κ2) is 7.49. The summed E-state index contributed by atoms with van der Waals surface area (Å²) in [5.74, 6) is 0.438. The monoisotopic (exact) mass is 356 g/mol. The number of hydrogen-bond donors (Lipinski definition) is 2. The Morgan fingerprint density at radius 3 is 2.57 bits per heavy atom. The van der Waals surface area contributed by atoms with Crippen LogP contribution >= 0.6 is 11.3 Å². The number of aromatic nitrogens is 2. The molecule has 0 spiro atoms. The number of nitrogens with zero attached hydrogens (tertiary/aromatic N) is 2. The van der Waals surface area contributed by atoms with Gasteiger partial charge in [0.05, 0.1) is 7.11 Å². The van der Waals surface area contributed by atoms with Crippen molar-refractivity contribution < 1.29 is 17.9 Å². The van der Waals surface area contributed by atoms with Gasteiger partial charge in [-0.15, -0.1) is 10.2 Å². The third-order valence-corrected chi connectivity index (χ3v) is 5.44. The number of hydrogen-bond acceptors (Lipinski definition) is 7. The number of rotatable bonds is 7. The van der Waals surface area contributed by atoms with Crippen LogP contribution in [0, 0.1) is 0 Å². The van der Waals surface area contributed by atoms with E-state index < -0.39 is 10.0 Å². The molecule has 0 saturated carbocycles. The highest BCUT2D eigenvalue weighted by molar-refractivity contribution is 7.91. The van der Waals surface area contributed by atoms with E-state index in [1.54, 1.807) is 38.3 Å². The Kier molecular flexibility index (Phi) is 5.64. The van der Waals surface area contributed by atoms with Gasteiger partial charge in [-0.25, -0.2) is 13.1 Å². The Morgan fingerprint density at radius 2 is 1.96 bits per heavy atom. The van der Waals surface area contributed by atoms with E-state index in [4.69, 9.17) is 4.74 Å². The van der Waals surface area contributed by atoms with E-state index in [-0.39, 0.29) is 28.3 Å². The summed E-state index contributed by atoms with van der Waals surface area (Å²) in [6.45, 7) is 1.80. The first kappa shape index (κ1) is 17.3. The number of sulfonamides is 1. The molecule has 0 aliphatic rings. The van der Waals surface area contributed by atoms with Gasteiger partial charge in [0.2, 0.25) is 15.4 Å². The van der Waals surface area contributed by atoms with Gasteiger partial charge in [-0.3, -0.25) is 4.79 Å². The molecule has 0 aliphatic heterocycles. The molecule has 2 aromatic rings. The SMILES string of the molecule is CCC(=O)Nc1nnc(S(=O)(=O)NCc2ccc(OC)cc2)s1. The lowest BCUT2D eigenvalue weighted by Gasteiger charge is -2.05. The topological polar surface area (TPSA) is 110 Å². The van der Waals surface area contributed by atoms with Gasteiger partial charge in [0.25, 0.3) is 10.0 Å². The van der Waals surface area contributed by atoms with Crippen LogP contribution in [0.5, 0.6) is 5.75 Å². The van der Waals surface area contributed by atoms with Crippen LogP contribution in [-0.2, 0) is 21.4 Å². The van der Waals surface area contributed by atoms with Crippen molar-refractivity contribution in [2.24, 2.45) is 0 Å². The summed E-state index contributed by atoms with van der Waals surface area (Å²) in [5.41, 5.74) is 0.776. The van der Waals surface area contributed by atoms with Crippen molar-refractivity contribution in [1.29, 1.82) is 0 Å². The largest absolute Gasteiger partial charge is 0.497 e. The molecule has 0 atom stereocenters. The number of carbonyl (C=O) groups is 1. The van der Waals surface area contributed by atoms with Crippen LogP contribution in [0.25, 0.3) is 0 Å². The highest BCUT2D eigenvalue weighted by Gasteiger charge is 2.20. The second-order valence-corrected chi connectivity index (χ2v) is 7.37. The molecule has 1 amide bonds. The van der Waals surface area contributed by atoms with Gasteiger partial charge in [-0.05, 0) is 17.7 Å². The van der Waals surface area contributed by atoms with Crippen molar-refractivity contribution >= 4 is 32.4 Å². The van der Waals surface area contributed by atoms with E-state index in [1.807, 2.05) is 0 Å². The molecule has 0 unspecified atom stereocenters. The first-order valence-corrected chi connectivity index (χ1v) is 9.00. The van der Waals surface area contributed by atoms with Crippen molar-refractivity contribution in [3.05, 3.63) is 29.8 Å². The Bertz CT molecular complexity index is 772. The summed E-state index contributed by atoms with van der Waals surface area (Å²) in [7, 11) is -2.23. The van der Waals surface area contributed by atoms with Gasteiger partial charge < -0.3 is 10.1 Å². The van der Waals surface area contributed by atoms with Crippen LogP contribution in [-0.4, -0.2) is 31.6 Å². The maximum atomic E-state index is 12.2. The first-order valence-electron chi connectivity index (χ1n) is 6.70. The van der Waals surface area contributed by atoms with Crippen LogP contribution in [0.4, 0.5) is 5.13 Å². The lowest BCUT2D eigenvalue weighted by molar-refractivity contribution is -0.115. The summed E-state index contributed by atoms with van der Waals surface area (Å²) in [5, 5.41) is 9.87. The molecular formula is C13H16N4O4S2. The van der Waals surface area contributed by atoms with E-state index >= 15 is 0 Å². The van der Waals surface area contributed by atoms with Crippen LogP contribution in [0.3, 0.4) is 0 Å². The number of carbonyl (C=O) groups excluding carboxylic acids is 1. The molecule has 124 valence electrons. The van der Waals surface area contributed by atoms with Crippen molar-refractivity contribution in [2.75, 3.05) is 12.4 Å². The fourth-order valence-corrected chi connectivity index (χ4v) is 3.53. The lowest BCUT2D eigenvalue weighted by atomic mass is 10.2. The zero-order valence-electron chi connectivity index (χ0n) is 12.6. The van der Waals surface area contributed by atoms with E-state index in [2.05, 4.69) is 20.2 Å². The normalized spacial score (nSPS) is 11.2. The van der Waals surface area contributed by atoms with Crippen molar-refractivity contribution in [2.45, 2.75) is 24.2 Å². The van der Waals surface area contributed by atoms with E-state index in [0.29, 0.717) is 5.75 Å². The number of benzene rings is 1. The third-order valence-electron chi connectivity index (χ3n) is 2.83. The minimum absolute atomic E-state index is 0.114. The maximum absolute atomic E-state index is 12.2. The van der Waals surface area contributed by atoms with Crippen LogP contribution in [0.15, 0.2) is 28.6 Å². The highest BCUT2D eigenvalue weighted by Crippen LogP contribution is 2.20. The minimum Gasteiger partial charge on any atom is -0.497 e. The van der Waals surface area contributed by atoms with Crippen molar-refractivity contribution in [3.8, 4) is 5.75 Å². The Morgan fingerprint density at radius 1 is 1.26 bits per heavy atom. The van der Waals surface area contributed by atoms with Crippen LogP contribution < -0.4 is 14.8 Å². The molecule has 2 rings (SSSR count). The van der Waals surface area contributed by atoms with Crippen LogP contribution in [0.1, 0.15) is 18.9 Å². The predicted octanol–water partition coefficient (Wildman–Crippen LogP) is 1.37. The second-order valence-electron chi connectivity index (χ2n) is 4.45. The summed E-state index contributed by atoms with van der Waals surface area (Å²) >= 11 is 0.800. The summed E-state index contributed by atoms with van der Waals surface area (Å²) in [4.78, 5) is 11.3. The van der Waals surface area contributed by atoms with E-state index in [1.165, 1.54) is 0 Å². The third kappa shape index (κ3) is 4.71. The van der Waals surface area contributed by atoms with E-state index in [9.17, 15) is 13.2 Å². The molecule has 0 aliphatic carbocycles. The predicted molar refractivity (Wildman–Crippen MR) is 85.8 cm³/mol. The summed E-state index contributed by atoms with van der Waals surface area (Å²) in [6, 6.07) is 7.00. The van der Waals surface area contributed by atoms with E-state index in [0.717, 1.165) is 16.9 Å². The summed E-state index contributed by atoms with van der Waals surface area (Å²) in [6.07, 6.45) is 0.275. The number of anilines is 1. The molecule has 0 fully saturated rings. The molecule has 23 heavy (non-hydrogen) atoms. The molecule has 1 heterocycles. The smallest absolute Gasteiger partial charge is 0.270 e. The van der Waals surface area contributed by atoms with Crippen LogP contribution in [0.2, 0.25) is 0 Å². The average molecular weight is 356 g/mol. The quantitative estimate of drug-likeness (QED) is 0.725. The van der Waals surface area contributed by atoms with Gasteiger partial charge in [0, 0.05) is 13.0 Å². The average Bonchev–Trinajstić information content (AvgIpc) is 3.02. The molecule has 1 aromatic carbocycles. The first-order chi connectivity index (χ1) is 10.9. The fraction of sp³-hybridized carbons (Fsp3) is 0.308. The molecule has 8 nitrogen and oxygen atoms in total. The Hall–Kier alpha value is -2.04. The Labute approximate surface area is 137 Å². The van der Waals surface area contributed by atoms with Gasteiger partial charge in [-0.1, -0.05) is 30.4 Å². The zero-order valence-corrected chi connectivity index (χ0v) is 14.2. The molecule has 2 N–H and O–H groups in total. The number of ether oxygens (including phenoxy) is 1. The number of nitrogens with one attached hydrogen (secondary N) is 2. The van der Waals surface area contributed by atoms with Gasteiger partial charge in [0.15, 0.2) is 0 Å². The number of methoxy groups -OCH3 is 1. The highest BCUT2D eigenvalue weighted by atomic mass is 32.2.